The lowest BCUT2D eigenvalue weighted by molar-refractivity contribution is 0.446. The summed E-state index contributed by atoms with van der Waals surface area (Å²) in [5.74, 6) is 1.19. The molecule has 0 heterocycles. The van der Waals surface area contributed by atoms with Crippen molar-refractivity contribution in [1.29, 1.82) is 0 Å². The standard InChI is InChI=1S/C15H17NO2S/c1-2-19-15-6-4-3-5-13(15)16-10-11-7-8-12(17)9-14(11)18/h3-9,16-18H,2,10H2,1H3. The molecule has 3 nitrogen and oxygen atoms in total. The van der Waals surface area contributed by atoms with Crippen LogP contribution < -0.4 is 5.32 Å². The molecule has 2 rings (SSSR count). The fraction of sp³-hybridized carbons (Fsp3) is 0.200. The van der Waals surface area contributed by atoms with Crippen LogP contribution in [0.15, 0.2) is 47.4 Å². The van der Waals surface area contributed by atoms with Crippen LogP contribution in [0.3, 0.4) is 0 Å². The number of anilines is 1. The van der Waals surface area contributed by atoms with Crippen LogP contribution in [-0.4, -0.2) is 16.0 Å². The molecule has 0 spiro atoms. The van der Waals surface area contributed by atoms with Gasteiger partial charge >= 0.3 is 0 Å². The molecule has 0 aromatic heterocycles. The third-order valence-corrected chi connectivity index (χ3v) is 3.68. The zero-order valence-corrected chi connectivity index (χ0v) is 11.6. The second-order valence-corrected chi connectivity index (χ2v) is 5.40. The number of phenolic OH excluding ortho intramolecular Hbond substituents is 2. The maximum atomic E-state index is 9.74. The van der Waals surface area contributed by atoms with Crippen molar-refractivity contribution in [3.63, 3.8) is 0 Å². The lowest BCUT2D eigenvalue weighted by Gasteiger charge is -2.12. The first kappa shape index (κ1) is 13.6. The van der Waals surface area contributed by atoms with Crippen molar-refractivity contribution in [2.24, 2.45) is 0 Å². The van der Waals surface area contributed by atoms with E-state index in [0.717, 1.165) is 17.0 Å². The molecule has 0 atom stereocenters. The van der Waals surface area contributed by atoms with Gasteiger partial charge in [-0.3, -0.25) is 0 Å². The molecule has 4 heteroatoms. The van der Waals surface area contributed by atoms with Crippen LogP contribution in [0, 0.1) is 0 Å². The minimum Gasteiger partial charge on any atom is -0.508 e. The number of aromatic hydroxyl groups is 2. The number of phenols is 2. The van der Waals surface area contributed by atoms with E-state index >= 15 is 0 Å². The predicted octanol–water partition coefficient (Wildman–Crippen LogP) is 3.82. The van der Waals surface area contributed by atoms with Gasteiger partial charge in [0.15, 0.2) is 0 Å². The van der Waals surface area contributed by atoms with Crippen LogP contribution in [0.4, 0.5) is 5.69 Å². The monoisotopic (exact) mass is 275 g/mol. The van der Waals surface area contributed by atoms with Crippen LogP contribution in [0.25, 0.3) is 0 Å². The van der Waals surface area contributed by atoms with E-state index in [4.69, 9.17) is 0 Å². The summed E-state index contributed by atoms with van der Waals surface area (Å²) in [4.78, 5) is 1.20. The predicted molar refractivity (Wildman–Crippen MR) is 79.9 cm³/mol. The minimum absolute atomic E-state index is 0.0724. The van der Waals surface area contributed by atoms with E-state index in [1.807, 2.05) is 18.2 Å². The molecule has 0 fully saturated rings. The van der Waals surface area contributed by atoms with Crippen molar-refractivity contribution in [2.45, 2.75) is 18.4 Å². The molecular weight excluding hydrogens is 258 g/mol. The number of rotatable bonds is 5. The normalized spacial score (nSPS) is 10.4. The van der Waals surface area contributed by atoms with Crippen molar-refractivity contribution < 1.29 is 10.2 Å². The molecule has 19 heavy (non-hydrogen) atoms. The molecular formula is C15H17NO2S. The molecule has 3 N–H and O–H groups in total. The van der Waals surface area contributed by atoms with Gasteiger partial charge in [0.1, 0.15) is 11.5 Å². The van der Waals surface area contributed by atoms with Crippen molar-refractivity contribution in [1.82, 2.24) is 0 Å². The Balaban J connectivity index is 2.10. The summed E-state index contributed by atoms with van der Waals surface area (Å²) in [5.41, 5.74) is 1.82. The van der Waals surface area contributed by atoms with Crippen LogP contribution in [0.5, 0.6) is 11.5 Å². The smallest absolute Gasteiger partial charge is 0.124 e. The first-order chi connectivity index (χ1) is 9.20. The number of para-hydroxylation sites is 1. The molecule has 100 valence electrons. The van der Waals surface area contributed by atoms with Crippen LogP contribution in [0.1, 0.15) is 12.5 Å². The summed E-state index contributed by atoms with van der Waals surface area (Å²) in [7, 11) is 0. The van der Waals surface area contributed by atoms with Crippen molar-refractivity contribution in [2.75, 3.05) is 11.1 Å². The largest absolute Gasteiger partial charge is 0.508 e. The van der Waals surface area contributed by atoms with E-state index in [2.05, 4.69) is 18.3 Å². The Bertz CT molecular complexity index is 558. The maximum Gasteiger partial charge on any atom is 0.124 e. The second-order valence-electron chi connectivity index (χ2n) is 4.10. The SMILES string of the molecule is CCSc1ccccc1NCc1ccc(O)cc1O. The zero-order valence-electron chi connectivity index (χ0n) is 10.8. The highest BCUT2D eigenvalue weighted by Gasteiger charge is 2.04. The summed E-state index contributed by atoms with van der Waals surface area (Å²) in [6.07, 6.45) is 0. The second kappa shape index (κ2) is 6.38. The molecule has 2 aromatic rings. The fourth-order valence-corrected chi connectivity index (χ4v) is 2.57. The average molecular weight is 275 g/mol. The molecule has 2 aromatic carbocycles. The van der Waals surface area contributed by atoms with Gasteiger partial charge in [0, 0.05) is 28.8 Å². The van der Waals surface area contributed by atoms with E-state index in [1.165, 1.54) is 11.0 Å². The molecule has 0 aliphatic rings. The summed E-state index contributed by atoms with van der Waals surface area (Å²) in [6, 6.07) is 12.7. The van der Waals surface area contributed by atoms with Crippen molar-refractivity contribution in [3.8, 4) is 11.5 Å². The molecule has 0 aliphatic heterocycles. The Labute approximate surface area is 117 Å². The quantitative estimate of drug-likeness (QED) is 0.726. The Hall–Kier alpha value is -1.81. The Morgan fingerprint density at radius 1 is 1.11 bits per heavy atom. The number of benzene rings is 2. The molecule has 0 radical (unpaired) electrons. The van der Waals surface area contributed by atoms with E-state index in [1.54, 1.807) is 23.9 Å². The van der Waals surface area contributed by atoms with Crippen molar-refractivity contribution in [3.05, 3.63) is 48.0 Å². The first-order valence-corrected chi connectivity index (χ1v) is 7.16. The Kier molecular flexibility index (Phi) is 4.58. The van der Waals surface area contributed by atoms with E-state index < -0.39 is 0 Å². The fourth-order valence-electron chi connectivity index (χ4n) is 1.79. The lowest BCUT2D eigenvalue weighted by Crippen LogP contribution is -2.00. The minimum atomic E-state index is 0.0724. The first-order valence-electron chi connectivity index (χ1n) is 6.17. The van der Waals surface area contributed by atoms with E-state index in [-0.39, 0.29) is 11.5 Å². The number of hydrogen-bond donors (Lipinski definition) is 3. The van der Waals surface area contributed by atoms with Gasteiger partial charge in [-0.25, -0.2) is 0 Å². The van der Waals surface area contributed by atoms with Gasteiger partial charge < -0.3 is 15.5 Å². The van der Waals surface area contributed by atoms with Crippen LogP contribution >= 0.6 is 11.8 Å². The topological polar surface area (TPSA) is 52.5 Å². The third-order valence-electron chi connectivity index (χ3n) is 2.73. The lowest BCUT2D eigenvalue weighted by atomic mass is 10.2. The highest BCUT2D eigenvalue weighted by atomic mass is 32.2. The average Bonchev–Trinajstić information content (AvgIpc) is 2.40. The zero-order chi connectivity index (χ0) is 13.7. The maximum absolute atomic E-state index is 9.74. The summed E-state index contributed by atoms with van der Waals surface area (Å²) >= 11 is 1.78. The van der Waals surface area contributed by atoms with Gasteiger partial charge in [0.2, 0.25) is 0 Å². The van der Waals surface area contributed by atoms with Gasteiger partial charge in [0.25, 0.3) is 0 Å². The van der Waals surface area contributed by atoms with Crippen molar-refractivity contribution >= 4 is 17.4 Å². The highest BCUT2D eigenvalue weighted by Crippen LogP contribution is 2.28. The van der Waals surface area contributed by atoms with Gasteiger partial charge in [0.05, 0.1) is 0 Å². The molecule has 0 unspecified atom stereocenters. The summed E-state index contributed by atoms with van der Waals surface area (Å²) in [5, 5.41) is 22.3. The Morgan fingerprint density at radius 2 is 1.89 bits per heavy atom. The highest BCUT2D eigenvalue weighted by molar-refractivity contribution is 7.99. The molecule has 0 saturated carbocycles. The van der Waals surface area contributed by atoms with E-state index in [9.17, 15) is 10.2 Å². The summed E-state index contributed by atoms with van der Waals surface area (Å²) in [6.45, 7) is 2.64. The molecule has 0 amide bonds. The molecule has 0 aliphatic carbocycles. The van der Waals surface area contributed by atoms with E-state index in [0.29, 0.717) is 6.54 Å². The Morgan fingerprint density at radius 3 is 2.63 bits per heavy atom. The molecule has 0 bridgehead atoms. The van der Waals surface area contributed by atoms with Crippen LogP contribution in [0.2, 0.25) is 0 Å². The molecule has 0 saturated heterocycles. The number of hydrogen-bond acceptors (Lipinski definition) is 4. The van der Waals surface area contributed by atoms with Gasteiger partial charge in [-0.2, -0.15) is 0 Å². The third kappa shape index (κ3) is 3.58. The van der Waals surface area contributed by atoms with Gasteiger partial charge in [-0.1, -0.05) is 19.1 Å². The van der Waals surface area contributed by atoms with Crippen LogP contribution in [-0.2, 0) is 6.54 Å². The number of thioether (sulfide) groups is 1. The summed E-state index contributed by atoms with van der Waals surface area (Å²) < 4.78 is 0. The van der Waals surface area contributed by atoms with Gasteiger partial charge in [-0.15, -0.1) is 11.8 Å². The number of nitrogens with one attached hydrogen (secondary N) is 1. The van der Waals surface area contributed by atoms with Gasteiger partial charge in [-0.05, 0) is 30.0 Å².